The fourth-order valence-electron chi connectivity index (χ4n) is 1.52. The van der Waals surface area contributed by atoms with Crippen LogP contribution in [0.2, 0.25) is 0 Å². The summed E-state index contributed by atoms with van der Waals surface area (Å²) < 4.78 is 26.1. The Balaban J connectivity index is 2.85. The van der Waals surface area contributed by atoms with E-state index in [2.05, 4.69) is 4.40 Å². The van der Waals surface area contributed by atoms with Crippen LogP contribution in [0.1, 0.15) is 0 Å². The number of isocyanates is 1. The number of rotatable bonds is 2. The summed E-state index contributed by atoms with van der Waals surface area (Å²) in [4.78, 5) is 10.1. The van der Waals surface area contributed by atoms with Gasteiger partial charge in [-0.3, -0.25) is 0 Å². The zero-order chi connectivity index (χ0) is 11.6. The van der Waals surface area contributed by atoms with Gasteiger partial charge in [0.2, 0.25) is 0 Å². The molecule has 0 aliphatic carbocycles. The van der Waals surface area contributed by atoms with E-state index < -0.39 is 10.0 Å². The van der Waals surface area contributed by atoms with Crippen LogP contribution in [0, 0.1) is 0 Å². The van der Waals surface area contributed by atoms with Crippen molar-refractivity contribution in [2.45, 2.75) is 4.90 Å². The van der Waals surface area contributed by atoms with E-state index in [1.54, 1.807) is 30.3 Å². The molecule has 0 amide bonds. The van der Waals surface area contributed by atoms with E-state index in [0.29, 0.717) is 5.39 Å². The summed E-state index contributed by atoms with van der Waals surface area (Å²) in [5.74, 6) is 0. The number of benzene rings is 2. The maximum absolute atomic E-state index is 11.6. The Morgan fingerprint density at radius 3 is 2.44 bits per heavy atom. The van der Waals surface area contributed by atoms with Crippen molar-refractivity contribution in [3.05, 3.63) is 42.5 Å². The van der Waals surface area contributed by atoms with Gasteiger partial charge in [-0.05, 0) is 11.5 Å². The van der Waals surface area contributed by atoms with E-state index in [0.717, 1.165) is 11.5 Å². The van der Waals surface area contributed by atoms with Gasteiger partial charge in [0.25, 0.3) is 16.1 Å². The maximum atomic E-state index is 11.6. The molecule has 0 aromatic heterocycles. The summed E-state index contributed by atoms with van der Waals surface area (Å²) in [7, 11) is -3.94. The second-order valence-corrected chi connectivity index (χ2v) is 4.71. The Labute approximate surface area is 92.3 Å². The van der Waals surface area contributed by atoms with Gasteiger partial charge in [0.05, 0.1) is 4.90 Å². The molecule has 0 heterocycles. The van der Waals surface area contributed by atoms with Crippen LogP contribution in [-0.2, 0) is 14.8 Å². The SMILES string of the molecule is O=C=NS(=O)(=O)c1cccc2ccccc12. The monoisotopic (exact) mass is 233 g/mol. The zero-order valence-corrected chi connectivity index (χ0v) is 8.94. The second-order valence-electron chi connectivity index (χ2n) is 3.13. The highest BCUT2D eigenvalue weighted by Gasteiger charge is 2.15. The molecule has 0 bridgehead atoms. The third-order valence-corrected chi connectivity index (χ3v) is 3.41. The first-order valence-electron chi connectivity index (χ1n) is 4.47. The molecule has 0 N–H and O–H groups in total. The van der Waals surface area contributed by atoms with Crippen LogP contribution in [0.25, 0.3) is 10.8 Å². The van der Waals surface area contributed by atoms with Crippen LogP contribution in [0.3, 0.4) is 0 Å². The highest BCUT2D eigenvalue weighted by Crippen LogP contribution is 2.23. The van der Waals surface area contributed by atoms with Gasteiger partial charge in [0.1, 0.15) is 0 Å². The number of carbonyl (C=O) groups excluding carboxylic acids is 1. The van der Waals surface area contributed by atoms with Gasteiger partial charge >= 0.3 is 0 Å². The molecule has 2 aromatic rings. The lowest BCUT2D eigenvalue weighted by molar-refractivity contribution is 0.563. The predicted octanol–water partition coefficient (Wildman–Crippen LogP) is 1.86. The van der Waals surface area contributed by atoms with E-state index in [1.165, 1.54) is 6.07 Å². The molecule has 0 spiro atoms. The van der Waals surface area contributed by atoms with E-state index in [9.17, 15) is 13.2 Å². The number of hydrogen-bond acceptors (Lipinski definition) is 3. The molecule has 80 valence electrons. The van der Waals surface area contributed by atoms with Crippen LogP contribution < -0.4 is 0 Å². The number of hydrogen-bond donors (Lipinski definition) is 0. The third kappa shape index (κ3) is 1.74. The molecule has 16 heavy (non-hydrogen) atoms. The standard InChI is InChI=1S/C11H7NO3S/c13-8-12-16(14,15)11-7-3-5-9-4-1-2-6-10(9)11/h1-7H. The molecule has 2 aromatic carbocycles. The van der Waals surface area contributed by atoms with Crippen LogP contribution in [0.15, 0.2) is 51.8 Å². The van der Waals surface area contributed by atoms with Gasteiger partial charge in [0, 0.05) is 5.39 Å². The summed E-state index contributed by atoms with van der Waals surface area (Å²) in [5, 5.41) is 1.33. The Morgan fingerprint density at radius 1 is 1.00 bits per heavy atom. The lowest BCUT2D eigenvalue weighted by Crippen LogP contribution is -1.97. The first-order chi connectivity index (χ1) is 7.65. The molecule has 0 aliphatic rings. The third-order valence-electron chi connectivity index (χ3n) is 2.18. The van der Waals surface area contributed by atoms with Crippen molar-refractivity contribution in [1.82, 2.24) is 0 Å². The maximum Gasteiger partial charge on any atom is 0.293 e. The van der Waals surface area contributed by atoms with Gasteiger partial charge in [-0.1, -0.05) is 40.8 Å². The molecule has 0 fully saturated rings. The topological polar surface area (TPSA) is 63.6 Å². The van der Waals surface area contributed by atoms with E-state index in [-0.39, 0.29) is 4.90 Å². The normalized spacial score (nSPS) is 11.0. The van der Waals surface area contributed by atoms with Gasteiger partial charge in [-0.25, -0.2) is 4.79 Å². The van der Waals surface area contributed by atoms with Crippen molar-refractivity contribution in [3.8, 4) is 0 Å². The van der Waals surface area contributed by atoms with Crippen molar-refractivity contribution in [2.24, 2.45) is 4.40 Å². The molecule has 4 nitrogen and oxygen atoms in total. The quantitative estimate of drug-likeness (QED) is 0.587. The Kier molecular flexibility index (Phi) is 2.56. The lowest BCUT2D eigenvalue weighted by atomic mass is 10.1. The number of sulfonamides is 1. The molecule has 0 unspecified atom stereocenters. The summed E-state index contributed by atoms with van der Waals surface area (Å²) >= 11 is 0. The zero-order valence-electron chi connectivity index (χ0n) is 8.12. The Morgan fingerprint density at radius 2 is 1.69 bits per heavy atom. The van der Waals surface area contributed by atoms with Gasteiger partial charge in [-0.15, -0.1) is 0 Å². The van der Waals surface area contributed by atoms with E-state index >= 15 is 0 Å². The smallest absolute Gasteiger partial charge is 0.210 e. The van der Waals surface area contributed by atoms with E-state index in [4.69, 9.17) is 0 Å². The molecule has 2 rings (SSSR count). The second kappa shape index (κ2) is 3.89. The fraction of sp³-hybridized carbons (Fsp3) is 0. The van der Waals surface area contributed by atoms with Crippen molar-refractivity contribution in [2.75, 3.05) is 0 Å². The molecule has 5 heteroatoms. The molecular weight excluding hydrogens is 226 g/mol. The van der Waals surface area contributed by atoms with Crippen LogP contribution in [0.4, 0.5) is 0 Å². The summed E-state index contributed by atoms with van der Waals surface area (Å²) in [5.41, 5.74) is 0. The minimum atomic E-state index is -3.94. The highest BCUT2D eigenvalue weighted by molar-refractivity contribution is 7.90. The fourth-order valence-corrected chi connectivity index (χ4v) is 2.43. The van der Waals surface area contributed by atoms with Gasteiger partial charge in [-0.2, -0.15) is 8.42 Å². The Hall–Kier alpha value is -1.97. The average molecular weight is 233 g/mol. The van der Waals surface area contributed by atoms with Crippen LogP contribution in [-0.4, -0.2) is 14.5 Å². The first kappa shape index (κ1) is 10.5. The van der Waals surface area contributed by atoms with Crippen molar-refractivity contribution in [1.29, 1.82) is 0 Å². The Bertz CT molecular complexity index is 680. The van der Waals surface area contributed by atoms with Crippen molar-refractivity contribution >= 4 is 26.9 Å². The summed E-state index contributed by atoms with van der Waals surface area (Å²) in [6.07, 6.45) is 1.06. The molecule has 0 aliphatic heterocycles. The highest BCUT2D eigenvalue weighted by atomic mass is 32.2. The largest absolute Gasteiger partial charge is 0.293 e. The van der Waals surface area contributed by atoms with Gasteiger partial charge < -0.3 is 0 Å². The lowest BCUT2D eigenvalue weighted by Gasteiger charge is -2.02. The van der Waals surface area contributed by atoms with Crippen LogP contribution >= 0.6 is 0 Å². The van der Waals surface area contributed by atoms with Crippen molar-refractivity contribution < 1.29 is 13.2 Å². The first-order valence-corrected chi connectivity index (χ1v) is 5.91. The number of nitrogens with zero attached hydrogens (tertiary/aromatic N) is 1. The molecule has 0 radical (unpaired) electrons. The predicted molar refractivity (Wildman–Crippen MR) is 59.3 cm³/mol. The molecule has 0 saturated carbocycles. The van der Waals surface area contributed by atoms with Gasteiger partial charge in [0.15, 0.2) is 0 Å². The average Bonchev–Trinajstić information content (AvgIpc) is 2.28. The molecule has 0 saturated heterocycles. The number of fused-ring (bicyclic) bond motifs is 1. The summed E-state index contributed by atoms with van der Waals surface area (Å²) in [6, 6.07) is 11.8. The summed E-state index contributed by atoms with van der Waals surface area (Å²) in [6.45, 7) is 0. The minimum absolute atomic E-state index is 0.0222. The van der Waals surface area contributed by atoms with Crippen molar-refractivity contribution in [3.63, 3.8) is 0 Å². The van der Waals surface area contributed by atoms with E-state index in [1.807, 2.05) is 6.07 Å². The van der Waals surface area contributed by atoms with Crippen LogP contribution in [0.5, 0.6) is 0 Å². The minimum Gasteiger partial charge on any atom is -0.210 e. The molecular formula is C11H7NO3S. The molecule has 0 atom stereocenters.